The molecule has 1 aliphatic heterocycles. The van der Waals surface area contributed by atoms with E-state index in [-0.39, 0.29) is 12.1 Å². The van der Waals surface area contributed by atoms with Crippen molar-refractivity contribution in [2.75, 3.05) is 45.7 Å². The van der Waals surface area contributed by atoms with Gasteiger partial charge in [0.05, 0.1) is 6.04 Å². The summed E-state index contributed by atoms with van der Waals surface area (Å²) >= 11 is 0. The van der Waals surface area contributed by atoms with E-state index >= 15 is 0 Å². The van der Waals surface area contributed by atoms with Crippen LogP contribution in [0.25, 0.3) is 0 Å². The fraction of sp³-hybridized carbons (Fsp3) is 0.583. The Hall–Kier alpha value is -1.89. The Morgan fingerprint density at radius 2 is 2.16 bits per heavy atom. The molecule has 1 aromatic heterocycles. The van der Waals surface area contributed by atoms with Crippen LogP contribution in [0, 0.1) is 0 Å². The van der Waals surface area contributed by atoms with Crippen LogP contribution in [-0.2, 0) is 4.74 Å². The maximum atomic E-state index is 11.6. The summed E-state index contributed by atoms with van der Waals surface area (Å²) in [5.41, 5.74) is 0. The zero-order valence-electron chi connectivity index (χ0n) is 11.2. The summed E-state index contributed by atoms with van der Waals surface area (Å²) in [6, 6.07) is 1.96. The van der Waals surface area contributed by atoms with Crippen molar-refractivity contribution in [3.8, 4) is 0 Å². The van der Waals surface area contributed by atoms with Gasteiger partial charge in [-0.15, -0.1) is 0 Å². The van der Waals surface area contributed by atoms with E-state index in [1.165, 1.54) is 0 Å². The number of ether oxygens (including phenoxy) is 1. The van der Waals surface area contributed by atoms with E-state index in [0.29, 0.717) is 25.6 Å². The SMILES string of the molecule is CN(C)CCOC(=O)N1CC(Nc2ncccn2)C1. The summed E-state index contributed by atoms with van der Waals surface area (Å²) in [6.45, 7) is 2.40. The van der Waals surface area contributed by atoms with Crippen LogP contribution in [0.15, 0.2) is 18.5 Å². The van der Waals surface area contributed by atoms with Gasteiger partial charge in [0.2, 0.25) is 5.95 Å². The van der Waals surface area contributed by atoms with Crippen LogP contribution >= 0.6 is 0 Å². The van der Waals surface area contributed by atoms with Crippen LogP contribution in [0.3, 0.4) is 0 Å². The average Bonchev–Trinajstić information content (AvgIpc) is 2.34. The maximum absolute atomic E-state index is 11.6. The lowest BCUT2D eigenvalue weighted by atomic mass is 10.1. The predicted octanol–water partition coefficient (Wildman–Crippen LogP) is 0.271. The first kappa shape index (κ1) is 13.5. The van der Waals surface area contributed by atoms with Gasteiger partial charge in [0.1, 0.15) is 6.61 Å². The molecule has 0 spiro atoms. The number of nitrogens with zero attached hydrogens (tertiary/aromatic N) is 4. The zero-order chi connectivity index (χ0) is 13.7. The summed E-state index contributed by atoms with van der Waals surface area (Å²) in [7, 11) is 3.88. The molecule has 1 amide bonds. The number of amides is 1. The van der Waals surface area contributed by atoms with E-state index in [9.17, 15) is 4.79 Å². The van der Waals surface area contributed by atoms with Gasteiger partial charge in [-0.2, -0.15) is 0 Å². The van der Waals surface area contributed by atoms with E-state index in [1.54, 1.807) is 23.4 Å². The molecule has 19 heavy (non-hydrogen) atoms. The molecule has 7 heteroatoms. The molecule has 2 rings (SSSR count). The highest BCUT2D eigenvalue weighted by molar-refractivity contribution is 5.69. The van der Waals surface area contributed by atoms with Crippen molar-refractivity contribution in [3.05, 3.63) is 18.5 Å². The number of nitrogens with one attached hydrogen (secondary N) is 1. The Morgan fingerprint density at radius 3 is 2.79 bits per heavy atom. The summed E-state index contributed by atoms with van der Waals surface area (Å²) in [6.07, 6.45) is 3.11. The number of likely N-dealkylation sites (tertiary alicyclic amines) is 1. The van der Waals surface area contributed by atoms with Crippen molar-refractivity contribution in [1.29, 1.82) is 0 Å². The summed E-state index contributed by atoms with van der Waals surface area (Å²) in [5, 5.41) is 3.16. The highest BCUT2D eigenvalue weighted by Crippen LogP contribution is 2.13. The van der Waals surface area contributed by atoms with Crippen LogP contribution in [0.5, 0.6) is 0 Å². The van der Waals surface area contributed by atoms with Gasteiger partial charge in [-0.3, -0.25) is 0 Å². The Morgan fingerprint density at radius 1 is 1.47 bits per heavy atom. The molecule has 104 valence electrons. The number of hydrogen-bond acceptors (Lipinski definition) is 6. The molecule has 1 aliphatic rings. The number of anilines is 1. The summed E-state index contributed by atoms with van der Waals surface area (Å²) < 4.78 is 5.14. The van der Waals surface area contributed by atoms with Gasteiger partial charge in [-0.25, -0.2) is 14.8 Å². The molecule has 0 atom stereocenters. The van der Waals surface area contributed by atoms with Crippen molar-refractivity contribution < 1.29 is 9.53 Å². The highest BCUT2D eigenvalue weighted by atomic mass is 16.6. The highest BCUT2D eigenvalue weighted by Gasteiger charge is 2.31. The van der Waals surface area contributed by atoms with Crippen LogP contribution < -0.4 is 5.32 Å². The Bertz CT molecular complexity index is 406. The lowest BCUT2D eigenvalue weighted by Gasteiger charge is -2.38. The number of aromatic nitrogens is 2. The number of hydrogen-bond donors (Lipinski definition) is 1. The smallest absolute Gasteiger partial charge is 0.409 e. The third-order valence-corrected chi connectivity index (χ3v) is 2.80. The molecular formula is C12H19N5O2. The van der Waals surface area contributed by atoms with Crippen molar-refractivity contribution >= 4 is 12.0 Å². The first-order valence-corrected chi connectivity index (χ1v) is 6.25. The van der Waals surface area contributed by atoms with E-state index < -0.39 is 0 Å². The normalized spacial score (nSPS) is 15.2. The van der Waals surface area contributed by atoms with Crippen LogP contribution in [-0.4, -0.2) is 72.2 Å². The van der Waals surface area contributed by atoms with Gasteiger partial charge in [-0.1, -0.05) is 0 Å². The van der Waals surface area contributed by atoms with Gasteiger partial charge in [-0.05, 0) is 20.2 Å². The van der Waals surface area contributed by atoms with Gasteiger partial charge >= 0.3 is 6.09 Å². The number of carbonyl (C=O) groups is 1. The number of likely N-dealkylation sites (N-methyl/N-ethyl adjacent to an activating group) is 1. The van der Waals surface area contributed by atoms with E-state index in [2.05, 4.69) is 15.3 Å². The van der Waals surface area contributed by atoms with Crippen LogP contribution in [0.4, 0.5) is 10.7 Å². The van der Waals surface area contributed by atoms with E-state index in [4.69, 9.17) is 4.74 Å². The number of carbonyl (C=O) groups excluding carboxylic acids is 1. The standard InChI is InChI=1S/C12H19N5O2/c1-16(2)6-7-19-12(18)17-8-10(9-17)15-11-13-4-3-5-14-11/h3-5,10H,6-9H2,1-2H3,(H,13,14,15). The van der Waals surface area contributed by atoms with Gasteiger partial charge < -0.3 is 19.9 Å². The zero-order valence-corrected chi connectivity index (χ0v) is 11.2. The van der Waals surface area contributed by atoms with Gasteiger partial charge in [0.15, 0.2) is 0 Å². The molecule has 1 saturated heterocycles. The molecule has 0 bridgehead atoms. The summed E-state index contributed by atoms with van der Waals surface area (Å²) in [4.78, 5) is 23.4. The second kappa shape index (κ2) is 6.33. The minimum Gasteiger partial charge on any atom is -0.448 e. The largest absolute Gasteiger partial charge is 0.448 e. The predicted molar refractivity (Wildman–Crippen MR) is 70.9 cm³/mol. The monoisotopic (exact) mass is 265 g/mol. The third kappa shape index (κ3) is 4.06. The molecule has 0 aromatic carbocycles. The molecule has 0 aliphatic carbocycles. The second-order valence-electron chi connectivity index (χ2n) is 4.74. The molecule has 7 nitrogen and oxygen atoms in total. The van der Waals surface area contributed by atoms with Crippen LogP contribution in [0.2, 0.25) is 0 Å². The topological polar surface area (TPSA) is 70.6 Å². The van der Waals surface area contributed by atoms with E-state index in [0.717, 1.165) is 6.54 Å². The first-order chi connectivity index (χ1) is 9.15. The molecule has 1 fully saturated rings. The second-order valence-corrected chi connectivity index (χ2v) is 4.74. The molecule has 0 unspecified atom stereocenters. The maximum Gasteiger partial charge on any atom is 0.409 e. The molecular weight excluding hydrogens is 246 g/mol. The van der Waals surface area contributed by atoms with Crippen molar-refractivity contribution in [1.82, 2.24) is 19.8 Å². The minimum atomic E-state index is -0.256. The lowest BCUT2D eigenvalue weighted by Crippen LogP contribution is -2.57. The number of rotatable bonds is 5. The molecule has 2 heterocycles. The first-order valence-electron chi connectivity index (χ1n) is 6.25. The van der Waals surface area contributed by atoms with Crippen LogP contribution in [0.1, 0.15) is 0 Å². The molecule has 0 saturated carbocycles. The van der Waals surface area contributed by atoms with Crippen molar-refractivity contribution in [2.24, 2.45) is 0 Å². The minimum absolute atomic E-state index is 0.198. The Balaban J connectivity index is 1.64. The Kier molecular flexibility index (Phi) is 4.51. The molecule has 1 aromatic rings. The van der Waals surface area contributed by atoms with Gasteiger partial charge in [0, 0.05) is 32.0 Å². The fourth-order valence-corrected chi connectivity index (χ4v) is 1.68. The fourth-order valence-electron chi connectivity index (χ4n) is 1.68. The lowest BCUT2D eigenvalue weighted by molar-refractivity contribution is 0.0711. The van der Waals surface area contributed by atoms with Gasteiger partial charge in [0.25, 0.3) is 0 Å². The van der Waals surface area contributed by atoms with Crippen molar-refractivity contribution in [2.45, 2.75) is 6.04 Å². The summed E-state index contributed by atoms with van der Waals surface area (Å²) in [5.74, 6) is 0.591. The van der Waals surface area contributed by atoms with Crippen molar-refractivity contribution in [3.63, 3.8) is 0 Å². The average molecular weight is 265 g/mol. The molecule has 0 radical (unpaired) electrons. The Labute approximate surface area is 112 Å². The quantitative estimate of drug-likeness (QED) is 0.824. The molecule has 1 N–H and O–H groups in total. The van der Waals surface area contributed by atoms with E-state index in [1.807, 2.05) is 19.0 Å². The third-order valence-electron chi connectivity index (χ3n) is 2.80.